The van der Waals surface area contributed by atoms with Crippen LogP contribution in [0.3, 0.4) is 0 Å². The Hall–Kier alpha value is -1.82. The second kappa shape index (κ2) is 4.45. The summed E-state index contributed by atoms with van der Waals surface area (Å²) in [6, 6.07) is 19.6. The molecule has 0 bridgehead atoms. The second-order valence-electron chi connectivity index (χ2n) is 4.92. The summed E-state index contributed by atoms with van der Waals surface area (Å²) < 4.78 is 0. The first-order chi connectivity index (χ1) is 8.83. The normalized spacial score (nSPS) is 18.0. The van der Waals surface area contributed by atoms with Crippen LogP contribution in [-0.4, -0.2) is 0 Å². The van der Waals surface area contributed by atoms with Crippen LogP contribution >= 0.6 is 0 Å². The minimum absolute atomic E-state index is 0.513. The maximum Gasteiger partial charge on any atom is 0.00759 e. The fourth-order valence-corrected chi connectivity index (χ4v) is 3.13. The average Bonchev–Trinajstić information content (AvgIpc) is 2.73. The molecule has 3 rings (SSSR count). The SMILES string of the molecule is CCC1=C(c2ccccc2)C(C)c2ccccc21. The van der Waals surface area contributed by atoms with Crippen LogP contribution in [-0.2, 0) is 0 Å². The molecule has 0 saturated heterocycles. The minimum Gasteiger partial charge on any atom is -0.0622 e. The van der Waals surface area contributed by atoms with Crippen LogP contribution in [0.2, 0.25) is 0 Å². The van der Waals surface area contributed by atoms with E-state index >= 15 is 0 Å². The molecule has 0 aliphatic heterocycles. The van der Waals surface area contributed by atoms with Gasteiger partial charge in [0.15, 0.2) is 0 Å². The van der Waals surface area contributed by atoms with Gasteiger partial charge in [-0.05, 0) is 34.3 Å². The van der Waals surface area contributed by atoms with Crippen LogP contribution in [0.15, 0.2) is 54.6 Å². The number of allylic oxidation sites excluding steroid dienone is 2. The molecule has 0 heteroatoms. The topological polar surface area (TPSA) is 0 Å². The summed E-state index contributed by atoms with van der Waals surface area (Å²) in [5, 5.41) is 0. The molecule has 0 spiro atoms. The van der Waals surface area contributed by atoms with Gasteiger partial charge in [-0.3, -0.25) is 0 Å². The van der Waals surface area contributed by atoms with Gasteiger partial charge in [0.05, 0.1) is 0 Å². The van der Waals surface area contributed by atoms with E-state index in [9.17, 15) is 0 Å². The fourth-order valence-electron chi connectivity index (χ4n) is 3.13. The van der Waals surface area contributed by atoms with Crippen molar-refractivity contribution in [3.8, 4) is 0 Å². The summed E-state index contributed by atoms with van der Waals surface area (Å²) in [5.41, 5.74) is 7.33. The van der Waals surface area contributed by atoms with Gasteiger partial charge >= 0.3 is 0 Å². The Labute approximate surface area is 109 Å². The first-order valence-electron chi connectivity index (χ1n) is 6.70. The molecule has 18 heavy (non-hydrogen) atoms. The Morgan fingerprint density at radius 3 is 2.28 bits per heavy atom. The molecule has 90 valence electrons. The third kappa shape index (κ3) is 1.60. The average molecular weight is 234 g/mol. The predicted molar refractivity (Wildman–Crippen MR) is 78.4 cm³/mol. The van der Waals surface area contributed by atoms with Crippen molar-refractivity contribution in [3.63, 3.8) is 0 Å². The van der Waals surface area contributed by atoms with Crippen molar-refractivity contribution >= 4 is 11.1 Å². The van der Waals surface area contributed by atoms with E-state index in [0.29, 0.717) is 5.92 Å². The Bertz CT molecular complexity index is 590. The molecule has 1 aliphatic rings. The predicted octanol–water partition coefficient (Wildman–Crippen LogP) is 5.12. The summed E-state index contributed by atoms with van der Waals surface area (Å²) in [6.45, 7) is 4.58. The largest absolute Gasteiger partial charge is 0.0622 e. The lowest BCUT2D eigenvalue weighted by Crippen LogP contribution is -1.92. The lowest BCUT2D eigenvalue weighted by Gasteiger charge is -2.12. The maximum absolute atomic E-state index is 2.32. The molecule has 1 aliphatic carbocycles. The molecular formula is C18H18. The third-order valence-corrected chi connectivity index (χ3v) is 3.95. The molecule has 0 N–H and O–H groups in total. The highest BCUT2D eigenvalue weighted by Gasteiger charge is 2.27. The highest BCUT2D eigenvalue weighted by molar-refractivity contribution is 5.99. The molecule has 0 nitrogen and oxygen atoms in total. The van der Waals surface area contributed by atoms with E-state index in [-0.39, 0.29) is 0 Å². The molecule has 0 radical (unpaired) electrons. The van der Waals surface area contributed by atoms with Crippen molar-refractivity contribution in [1.29, 1.82) is 0 Å². The summed E-state index contributed by atoms with van der Waals surface area (Å²) in [6.07, 6.45) is 1.10. The van der Waals surface area contributed by atoms with Crippen molar-refractivity contribution < 1.29 is 0 Å². The van der Waals surface area contributed by atoms with Crippen molar-refractivity contribution in [2.75, 3.05) is 0 Å². The van der Waals surface area contributed by atoms with Crippen molar-refractivity contribution in [3.05, 3.63) is 71.3 Å². The zero-order valence-electron chi connectivity index (χ0n) is 11.0. The quantitative estimate of drug-likeness (QED) is 0.676. The maximum atomic E-state index is 2.32. The molecule has 1 atom stereocenters. The summed E-state index contributed by atoms with van der Waals surface area (Å²) in [7, 11) is 0. The lowest BCUT2D eigenvalue weighted by molar-refractivity contribution is 1.01. The van der Waals surface area contributed by atoms with Gasteiger partial charge in [-0.25, -0.2) is 0 Å². The number of hydrogen-bond acceptors (Lipinski definition) is 0. The molecule has 2 aromatic rings. The molecule has 0 aromatic heterocycles. The molecule has 0 saturated carbocycles. The van der Waals surface area contributed by atoms with Crippen molar-refractivity contribution in [1.82, 2.24) is 0 Å². The van der Waals surface area contributed by atoms with E-state index in [1.54, 1.807) is 0 Å². The first kappa shape index (κ1) is 11.3. The van der Waals surface area contributed by atoms with Gasteiger partial charge in [-0.15, -0.1) is 0 Å². The summed E-state index contributed by atoms with van der Waals surface area (Å²) >= 11 is 0. The summed E-state index contributed by atoms with van der Waals surface area (Å²) in [5.74, 6) is 0.513. The van der Waals surface area contributed by atoms with E-state index in [1.807, 2.05) is 0 Å². The van der Waals surface area contributed by atoms with Crippen LogP contribution in [0.4, 0.5) is 0 Å². The van der Waals surface area contributed by atoms with E-state index in [2.05, 4.69) is 68.4 Å². The molecule has 0 amide bonds. The Morgan fingerprint density at radius 2 is 1.56 bits per heavy atom. The first-order valence-corrected chi connectivity index (χ1v) is 6.70. The minimum atomic E-state index is 0.513. The van der Waals surface area contributed by atoms with Crippen LogP contribution in [0.25, 0.3) is 11.1 Å². The monoisotopic (exact) mass is 234 g/mol. The van der Waals surface area contributed by atoms with E-state index < -0.39 is 0 Å². The van der Waals surface area contributed by atoms with Crippen molar-refractivity contribution in [2.45, 2.75) is 26.2 Å². The van der Waals surface area contributed by atoms with Gasteiger partial charge in [-0.1, -0.05) is 68.4 Å². The van der Waals surface area contributed by atoms with Crippen LogP contribution in [0, 0.1) is 0 Å². The number of rotatable bonds is 2. The molecule has 1 unspecified atom stereocenters. The van der Waals surface area contributed by atoms with Crippen molar-refractivity contribution in [2.24, 2.45) is 0 Å². The Morgan fingerprint density at radius 1 is 0.889 bits per heavy atom. The van der Waals surface area contributed by atoms with Gasteiger partial charge in [0.1, 0.15) is 0 Å². The third-order valence-electron chi connectivity index (χ3n) is 3.95. The fraction of sp³-hybridized carbons (Fsp3) is 0.222. The number of hydrogen-bond donors (Lipinski definition) is 0. The Kier molecular flexibility index (Phi) is 2.79. The van der Waals surface area contributed by atoms with Crippen LogP contribution < -0.4 is 0 Å². The van der Waals surface area contributed by atoms with Gasteiger partial charge in [-0.2, -0.15) is 0 Å². The van der Waals surface area contributed by atoms with Gasteiger partial charge in [0.2, 0.25) is 0 Å². The van der Waals surface area contributed by atoms with Gasteiger partial charge in [0.25, 0.3) is 0 Å². The van der Waals surface area contributed by atoms with Gasteiger partial charge < -0.3 is 0 Å². The zero-order chi connectivity index (χ0) is 12.5. The lowest BCUT2D eigenvalue weighted by atomic mass is 9.92. The number of benzene rings is 2. The standard InChI is InChI=1S/C18H18/c1-3-15-17-12-8-7-11-16(17)13(2)18(15)14-9-5-4-6-10-14/h4-13H,3H2,1-2H3. The second-order valence-corrected chi connectivity index (χ2v) is 4.92. The van der Waals surface area contributed by atoms with Crippen LogP contribution in [0.1, 0.15) is 42.9 Å². The summed E-state index contributed by atoms with van der Waals surface area (Å²) in [4.78, 5) is 0. The highest BCUT2D eigenvalue weighted by atomic mass is 14.3. The van der Waals surface area contributed by atoms with E-state index in [4.69, 9.17) is 0 Å². The van der Waals surface area contributed by atoms with Crippen LogP contribution in [0.5, 0.6) is 0 Å². The highest BCUT2D eigenvalue weighted by Crippen LogP contribution is 2.47. The smallest absolute Gasteiger partial charge is 0.00759 e. The van der Waals surface area contributed by atoms with E-state index in [0.717, 1.165) is 6.42 Å². The van der Waals surface area contributed by atoms with Gasteiger partial charge in [0, 0.05) is 5.92 Å². The molecule has 2 aromatic carbocycles. The van der Waals surface area contributed by atoms with E-state index in [1.165, 1.54) is 27.8 Å². The zero-order valence-corrected chi connectivity index (χ0v) is 11.0. The molecule has 0 heterocycles. The number of fused-ring (bicyclic) bond motifs is 1. The molecular weight excluding hydrogens is 216 g/mol. The molecule has 0 fully saturated rings. The Balaban J connectivity index is 2.21.